The molecule has 1 aliphatic rings. The Morgan fingerprint density at radius 2 is 2.33 bits per heavy atom. The zero-order valence-corrected chi connectivity index (χ0v) is 9.68. The largest absolute Gasteiger partial charge is 0.394 e. The maximum absolute atomic E-state index is 12.1. The van der Waals surface area contributed by atoms with E-state index >= 15 is 0 Å². The Morgan fingerprint density at radius 3 is 2.73 bits per heavy atom. The van der Waals surface area contributed by atoms with Gasteiger partial charge < -0.3 is 15.7 Å². The third-order valence-corrected chi connectivity index (χ3v) is 3.45. The molecule has 3 N–H and O–H groups in total. The molecule has 1 amide bonds. The highest BCUT2D eigenvalue weighted by Crippen LogP contribution is 2.29. The number of carbonyl (C=O) groups excluding carboxylic acids is 1. The Hall–Kier alpha value is -0.610. The van der Waals surface area contributed by atoms with Crippen LogP contribution in [-0.4, -0.2) is 36.8 Å². The van der Waals surface area contributed by atoms with Crippen LogP contribution in [0.4, 0.5) is 0 Å². The van der Waals surface area contributed by atoms with Crippen molar-refractivity contribution >= 4 is 5.91 Å². The lowest BCUT2D eigenvalue weighted by Gasteiger charge is -2.27. The molecule has 0 aliphatic carbocycles. The third kappa shape index (κ3) is 2.69. The normalized spacial score (nSPS) is 27.7. The first-order chi connectivity index (χ1) is 7.18. The van der Waals surface area contributed by atoms with E-state index in [1.165, 1.54) is 0 Å². The number of aliphatic hydroxyl groups is 1. The van der Waals surface area contributed by atoms with E-state index < -0.39 is 0 Å². The van der Waals surface area contributed by atoms with Gasteiger partial charge in [0.1, 0.15) is 0 Å². The molecule has 88 valence electrons. The van der Waals surface area contributed by atoms with Crippen molar-refractivity contribution in [3.05, 3.63) is 0 Å². The van der Waals surface area contributed by atoms with E-state index in [2.05, 4.69) is 10.6 Å². The molecule has 0 aromatic heterocycles. The number of nitrogens with one attached hydrogen (secondary N) is 2. The number of amides is 1. The molecule has 0 spiro atoms. The van der Waals surface area contributed by atoms with Crippen molar-refractivity contribution in [3.63, 3.8) is 0 Å². The van der Waals surface area contributed by atoms with E-state index in [1.54, 1.807) is 0 Å². The van der Waals surface area contributed by atoms with E-state index in [4.69, 9.17) is 5.11 Å². The van der Waals surface area contributed by atoms with Crippen LogP contribution in [0.5, 0.6) is 0 Å². The second-order valence-corrected chi connectivity index (χ2v) is 4.32. The predicted molar refractivity (Wildman–Crippen MR) is 59.5 cm³/mol. The van der Waals surface area contributed by atoms with Crippen molar-refractivity contribution in [2.45, 2.75) is 39.2 Å². The SMILES string of the molecule is CC[C@H](CO)NC(=O)C1(CC)CCNC1. The molecule has 1 unspecified atom stereocenters. The molecule has 2 atom stereocenters. The second-order valence-electron chi connectivity index (χ2n) is 4.32. The van der Waals surface area contributed by atoms with Gasteiger partial charge in [-0.15, -0.1) is 0 Å². The molecule has 1 aliphatic heterocycles. The third-order valence-electron chi connectivity index (χ3n) is 3.45. The fourth-order valence-corrected chi connectivity index (χ4v) is 2.02. The van der Waals surface area contributed by atoms with Gasteiger partial charge in [0.25, 0.3) is 0 Å². The van der Waals surface area contributed by atoms with Crippen LogP contribution >= 0.6 is 0 Å². The average molecular weight is 214 g/mol. The molecule has 0 aromatic carbocycles. The van der Waals surface area contributed by atoms with Crippen LogP contribution in [0.15, 0.2) is 0 Å². The minimum atomic E-state index is -0.247. The van der Waals surface area contributed by atoms with E-state index in [0.29, 0.717) is 0 Å². The van der Waals surface area contributed by atoms with Crippen molar-refractivity contribution in [2.24, 2.45) is 5.41 Å². The summed E-state index contributed by atoms with van der Waals surface area (Å²) in [5, 5.41) is 15.2. The van der Waals surface area contributed by atoms with Crippen LogP contribution in [0.2, 0.25) is 0 Å². The summed E-state index contributed by atoms with van der Waals surface area (Å²) < 4.78 is 0. The van der Waals surface area contributed by atoms with Gasteiger partial charge in [0.05, 0.1) is 18.1 Å². The summed E-state index contributed by atoms with van der Waals surface area (Å²) >= 11 is 0. The number of rotatable bonds is 5. The number of hydrogen-bond donors (Lipinski definition) is 3. The van der Waals surface area contributed by atoms with Gasteiger partial charge in [-0.3, -0.25) is 4.79 Å². The second kappa shape index (κ2) is 5.47. The monoisotopic (exact) mass is 214 g/mol. The van der Waals surface area contributed by atoms with Crippen LogP contribution in [-0.2, 0) is 4.79 Å². The topological polar surface area (TPSA) is 61.4 Å². The van der Waals surface area contributed by atoms with Crippen molar-refractivity contribution < 1.29 is 9.90 Å². The summed E-state index contributed by atoms with van der Waals surface area (Å²) in [6, 6.07) is -0.0958. The maximum Gasteiger partial charge on any atom is 0.227 e. The van der Waals surface area contributed by atoms with Gasteiger partial charge in [0.15, 0.2) is 0 Å². The highest BCUT2D eigenvalue weighted by molar-refractivity contribution is 5.83. The molecular weight excluding hydrogens is 192 g/mol. The summed E-state index contributed by atoms with van der Waals surface area (Å²) in [6.45, 7) is 5.71. The molecular formula is C11H22N2O2. The Bertz CT molecular complexity index is 209. The minimum Gasteiger partial charge on any atom is -0.394 e. The molecule has 1 rings (SSSR count). The molecule has 1 saturated heterocycles. The first-order valence-electron chi connectivity index (χ1n) is 5.81. The number of hydrogen-bond acceptors (Lipinski definition) is 3. The molecule has 0 saturated carbocycles. The Kier molecular flexibility index (Phi) is 4.54. The van der Waals surface area contributed by atoms with E-state index in [1.807, 2.05) is 13.8 Å². The Balaban J connectivity index is 2.57. The van der Waals surface area contributed by atoms with Gasteiger partial charge in [-0.25, -0.2) is 0 Å². The summed E-state index contributed by atoms with van der Waals surface area (Å²) in [4.78, 5) is 12.1. The molecule has 0 bridgehead atoms. The van der Waals surface area contributed by atoms with E-state index in [-0.39, 0.29) is 24.0 Å². The molecule has 1 heterocycles. The van der Waals surface area contributed by atoms with Crippen LogP contribution < -0.4 is 10.6 Å². The molecule has 4 nitrogen and oxygen atoms in total. The van der Waals surface area contributed by atoms with E-state index in [0.717, 1.165) is 32.4 Å². The van der Waals surface area contributed by atoms with Gasteiger partial charge in [0.2, 0.25) is 5.91 Å². The van der Waals surface area contributed by atoms with Crippen molar-refractivity contribution in [2.75, 3.05) is 19.7 Å². The lowest BCUT2D eigenvalue weighted by Crippen LogP contribution is -2.47. The molecule has 0 aromatic rings. The standard InChI is InChI=1S/C11H22N2O2/c1-3-9(7-14)13-10(15)11(4-2)5-6-12-8-11/h9,12,14H,3-8H2,1-2H3,(H,13,15)/t9-,11?/m1/s1. The van der Waals surface area contributed by atoms with Gasteiger partial charge in [0, 0.05) is 6.54 Å². The van der Waals surface area contributed by atoms with Gasteiger partial charge in [-0.1, -0.05) is 13.8 Å². The zero-order chi connectivity index (χ0) is 11.3. The van der Waals surface area contributed by atoms with Crippen molar-refractivity contribution in [1.29, 1.82) is 0 Å². The van der Waals surface area contributed by atoms with Crippen LogP contribution in [0.3, 0.4) is 0 Å². The zero-order valence-electron chi connectivity index (χ0n) is 9.68. The van der Waals surface area contributed by atoms with Crippen LogP contribution in [0, 0.1) is 5.41 Å². The lowest BCUT2D eigenvalue weighted by molar-refractivity contribution is -0.131. The smallest absolute Gasteiger partial charge is 0.227 e. The highest BCUT2D eigenvalue weighted by Gasteiger charge is 2.39. The van der Waals surface area contributed by atoms with Crippen molar-refractivity contribution in [3.8, 4) is 0 Å². The molecule has 4 heteroatoms. The fraction of sp³-hybridized carbons (Fsp3) is 0.909. The summed E-state index contributed by atoms with van der Waals surface area (Å²) in [7, 11) is 0. The van der Waals surface area contributed by atoms with Gasteiger partial charge >= 0.3 is 0 Å². The highest BCUT2D eigenvalue weighted by atomic mass is 16.3. The lowest BCUT2D eigenvalue weighted by atomic mass is 9.83. The van der Waals surface area contributed by atoms with Crippen molar-refractivity contribution in [1.82, 2.24) is 10.6 Å². The molecule has 1 fully saturated rings. The summed E-state index contributed by atoms with van der Waals surface area (Å²) in [5.41, 5.74) is -0.247. The van der Waals surface area contributed by atoms with Gasteiger partial charge in [-0.2, -0.15) is 0 Å². The Morgan fingerprint density at radius 1 is 1.60 bits per heavy atom. The van der Waals surface area contributed by atoms with Crippen LogP contribution in [0.1, 0.15) is 33.1 Å². The fourth-order valence-electron chi connectivity index (χ4n) is 2.02. The molecule has 0 radical (unpaired) electrons. The van der Waals surface area contributed by atoms with Gasteiger partial charge in [-0.05, 0) is 25.8 Å². The van der Waals surface area contributed by atoms with E-state index in [9.17, 15) is 4.79 Å². The first-order valence-corrected chi connectivity index (χ1v) is 5.81. The number of aliphatic hydroxyl groups excluding tert-OH is 1. The first kappa shape index (κ1) is 12.5. The quantitative estimate of drug-likeness (QED) is 0.615. The average Bonchev–Trinajstić information content (AvgIpc) is 2.75. The van der Waals surface area contributed by atoms with Crippen LogP contribution in [0.25, 0.3) is 0 Å². The maximum atomic E-state index is 12.1. The Labute approximate surface area is 91.4 Å². The molecule has 15 heavy (non-hydrogen) atoms. The summed E-state index contributed by atoms with van der Waals surface area (Å²) in [5.74, 6) is 0.0934. The minimum absolute atomic E-state index is 0.0233. The summed E-state index contributed by atoms with van der Waals surface area (Å²) in [6.07, 6.45) is 2.53. The number of carbonyl (C=O) groups is 1. The predicted octanol–water partition coefficient (Wildman–Crippen LogP) is 0.263.